The minimum Gasteiger partial charge on any atom is -0.497 e. The Hall–Kier alpha value is -3.55. The maximum Gasteiger partial charge on any atom is 0.280 e. The van der Waals surface area contributed by atoms with Crippen molar-refractivity contribution in [3.8, 4) is 16.9 Å². The first-order valence-electron chi connectivity index (χ1n) is 7.88. The van der Waals surface area contributed by atoms with Gasteiger partial charge < -0.3 is 16.2 Å². The number of aliphatic imine (C=N–C) groups is 1. The Morgan fingerprint density at radius 2 is 1.81 bits per heavy atom. The van der Waals surface area contributed by atoms with Crippen LogP contribution in [0.3, 0.4) is 0 Å². The van der Waals surface area contributed by atoms with Crippen molar-refractivity contribution < 1.29 is 18.3 Å². The van der Waals surface area contributed by atoms with Crippen molar-refractivity contribution in [2.75, 3.05) is 7.11 Å². The highest BCUT2D eigenvalue weighted by molar-refractivity contribution is 6.06. The molecule has 8 heteroatoms. The molecule has 1 amide bonds. The maximum atomic E-state index is 14.6. The molecule has 0 saturated heterocycles. The highest BCUT2D eigenvalue weighted by Crippen LogP contribution is 2.35. The van der Waals surface area contributed by atoms with Crippen LogP contribution < -0.4 is 16.2 Å². The number of hydrogen-bond donors (Lipinski definition) is 2. The molecule has 0 radical (unpaired) electrons. The summed E-state index contributed by atoms with van der Waals surface area (Å²) < 4.78 is 34.0. The number of aryl methyl sites for hydroxylation is 1. The predicted molar refractivity (Wildman–Crippen MR) is 98.5 cm³/mol. The quantitative estimate of drug-likeness (QED) is 0.545. The Balaban J connectivity index is 2.31. The molecular formula is C19H16F2N4O2. The lowest BCUT2D eigenvalue weighted by Gasteiger charge is -2.12. The second-order valence-corrected chi connectivity index (χ2v) is 5.86. The van der Waals surface area contributed by atoms with Crippen LogP contribution in [0.5, 0.6) is 5.75 Å². The van der Waals surface area contributed by atoms with Crippen LogP contribution in [-0.4, -0.2) is 24.0 Å². The predicted octanol–water partition coefficient (Wildman–Crippen LogP) is 2.91. The summed E-state index contributed by atoms with van der Waals surface area (Å²) in [5.74, 6) is -2.57. The number of rotatable bonds is 3. The Morgan fingerprint density at radius 1 is 1.15 bits per heavy atom. The lowest BCUT2D eigenvalue weighted by molar-refractivity contribution is 0.100. The van der Waals surface area contributed by atoms with E-state index in [1.165, 1.54) is 25.4 Å². The van der Waals surface area contributed by atoms with Crippen molar-refractivity contribution in [1.82, 2.24) is 4.98 Å². The zero-order chi connectivity index (χ0) is 19.7. The summed E-state index contributed by atoms with van der Waals surface area (Å²) in [6, 6.07) is 6.68. The number of carbonyl (C=O) groups is 1. The standard InChI is InChI=1S/C19H16F2N4O2/c1-9-5-10(18(26)25-19(22)23)6-13-12(3-4-24-17(9)13)16-14(20)7-11(27-2)8-15(16)21/h3-8H,1-2H3,(H4,22,23,25,26). The normalized spacial score (nSPS) is 10.7. The number of guanidine groups is 1. The fourth-order valence-electron chi connectivity index (χ4n) is 2.88. The van der Waals surface area contributed by atoms with Gasteiger partial charge in [0.05, 0.1) is 18.2 Å². The van der Waals surface area contributed by atoms with Crippen LogP contribution in [0.2, 0.25) is 0 Å². The first kappa shape index (κ1) is 18.2. The molecule has 0 unspecified atom stereocenters. The van der Waals surface area contributed by atoms with Crippen molar-refractivity contribution in [2.24, 2.45) is 16.5 Å². The molecule has 2 aromatic carbocycles. The first-order chi connectivity index (χ1) is 12.8. The van der Waals surface area contributed by atoms with Gasteiger partial charge in [-0.2, -0.15) is 4.99 Å². The molecule has 3 rings (SSSR count). The van der Waals surface area contributed by atoms with E-state index in [2.05, 4.69) is 9.98 Å². The number of nitrogens with zero attached hydrogens (tertiary/aromatic N) is 2. The highest BCUT2D eigenvalue weighted by Gasteiger charge is 2.18. The van der Waals surface area contributed by atoms with Crippen molar-refractivity contribution in [1.29, 1.82) is 0 Å². The van der Waals surface area contributed by atoms with E-state index >= 15 is 0 Å². The molecule has 0 aliphatic heterocycles. The number of ether oxygens (including phenoxy) is 1. The molecule has 138 valence electrons. The molecule has 0 bridgehead atoms. The van der Waals surface area contributed by atoms with Crippen LogP contribution >= 0.6 is 0 Å². The second-order valence-electron chi connectivity index (χ2n) is 5.86. The van der Waals surface area contributed by atoms with Crippen LogP contribution in [0.15, 0.2) is 41.5 Å². The molecular weight excluding hydrogens is 354 g/mol. The van der Waals surface area contributed by atoms with Gasteiger partial charge in [0, 0.05) is 29.3 Å². The Labute approximate surface area is 153 Å². The highest BCUT2D eigenvalue weighted by atomic mass is 19.1. The molecule has 1 heterocycles. The van der Waals surface area contributed by atoms with Crippen LogP contribution in [-0.2, 0) is 0 Å². The minimum atomic E-state index is -0.794. The van der Waals surface area contributed by atoms with Crippen molar-refractivity contribution >= 4 is 22.8 Å². The molecule has 0 atom stereocenters. The van der Waals surface area contributed by atoms with E-state index in [0.29, 0.717) is 16.5 Å². The van der Waals surface area contributed by atoms with Gasteiger partial charge in [-0.1, -0.05) is 0 Å². The number of benzene rings is 2. The number of halogens is 2. The maximum absolute atomic E-state index is 14.6. The van der Waals surface area contributed by atoms with Crippen LogP contribution in [0.4, 0.5) is 8.78 Å². The van der Waals surface area contributed by atoms with Crippen LogP contribution in [0, 0.1) is 18.6 Å². The van der Waals surface area contributed by atoms with Crippen LogP contribution in [0.25, 0.3) is 22.0 Å². The molecule has 0 fully saturated rings. The summed E-state index contributed by atoms with van der Waals surface area (Å²) in [6.45, 7) is 1.73. The minimum absolute atomic E-state index is 0.0620. The van der Waals surface area contributed by atoms with Gasteiger partial charge >= 0.3 is 0 Å². The molecule has 0 aliphatic carbocycles. The Kier molecular flexibility index (Phi) is 4.72. The number of fused-ring (bicyclic) bond motifs is 1. The molecule has 3 aromatic rings. The van der Waals surface area contributed by atoms with Gasteiger partial charge in [0.25, 0.3) is 5.91 Å². The lowest BCUT2D eigenvalue weighted by Crippen LogP contribution is -2.24. The largest absolute Gasteiger partial charge is 0.497 e. The number of aromatic nitrogens is 1. The fourth-order valence-corrected chi connectivity index (χ4v) is 2.88. The molecule has 1 aromatic heterocycles. The number of carbonyl (C=O) groups excluding carboxylic acids is 1. The third kappa shape index (κ3) is 3.41. The van der Waals surface area contributed by atoms with E-state index in [9.17, 15) is 13.6 Å². The van der Waals surface area contributed by atoms with Gasteiger partial charge in [-0.15, -0.1) is 0 Å². The lowest BCUT2D eigenvalue weighted by atomic mass is 9.96. The van der Waals surface area contributed by atoms with E-state index in [-0.39, 0.29) is 28.4 Å². The van der Waals surface area contributed by atoms with Crippen LogP contribution in [0.1, 0.15) is 15.9 Å². The summed E-state index contributed by atoms with van der Waals surface area (Å²) in [4.78, 5) is 19.9. The van der Waals surface area contributed by atoms with Gasteiger partial charge in [-0.05, 0) is 36.2 Å². The number of hydrogen-bond acceptors (Lipinski definition) is 3. The first-order valence-corrected chi connectivity index (χ1v) is 7.88. The topological polar surface area (TPSA) is 104 Å². The Morgan fingerprint density at radius 3 is 2.41 bits per heavy atom. The second kappa shape index (κ2) is 6.99. The van der Waals surface area contributed by atoms with Crippen molar-refractivity contribution in [3.05, 3.63) is 59.3 Å². The monoisotopic (exact) mass is 370 g/mol. The van der Waals surface area contributed by atoms with Gasteiger partial charge in [0.15, 0.2) is 5.96 Å². The van der Waals surface area contributed by atoms with Gasteiger partial charge in [0.1, 0.15) is 17.4 Å². The molecule has 27 heavy (non-hydrogen) atoms. The van der Waals surface area contributed by atoms with E-state index in [0.717, 1.165) is 12.1 Å². The third-order valence-corrected chi connectivity index (χ3v) is 4.03. The van der Waals surface area contributed by atoms with Gasteiger partial charge in [-0.25, -0.2) is 8.78 Å². The van der Waals surface area contributed by atoms with E-state index in [1.807, 2.05) is 0 Å². The molecule has 4 N–H and O–H groups in total. The number of pyridine rings is 1. The van der Waals surface area contributed by atoms with E-state index < -0.39 is 17.5 Å². The fraction of sp³-hybridized carbons (Fsp3) is 0.105. The third-order valence-electron chi connectivity index (χ3n) is 4.03. The summed E-state index contributed by atoms with van der Waals surface area (Å²) in [5.41, 5.74) is 11.8. The molecule has 0 spiro atoms. The zero-order valence-corrected chi connectivity index (χ0v) is 14.6. The molecule has 0 aliphatic rings. The number of amides is 1. The number of methoxy groups -OCH3 is 1. The zero-order valence-electron chi connectivity index (χ0n) is 14.6. The average Bonchev–Trinajstić information content (AvgIpc) is 2.60. The van der Waals surface area contributed by atoms with E-state index in [1.54, 1.807) is 13.0 Å². The smallest absolute Gasteiger partial charge is 0.280 e. The summed E-state index contributed by atoms with van der Waals surface area (Å²) >= 11 is 0. The average molecular weight is 370 g/mol. The summed E-state index contributed by atoms with van der Waals surface area (Å²) in [5, 5.41) is 0.398. The molecule has 6 nitrogen and oxygen atoms in total. The van der Waals surface area contributed by atoms with E-state index in [4.69, 9.17) is 16.2 Å². The van der Waals surface area contributed by atoms with Crippen molar-refractivity contribution in [3.63, 3.8) is 0 Å². The summed E-state index contributed by atoms with van der Waals surface area (Å²) in [6.07, 6.45) is 1.45. The molecule has 0 saturated carbocycles. The number of nitrogens with two attached hydrogens (primary N) is 2. The SMILES string of the molecule is COc1cc(F)c(-c2ccnc3c(C)cc(C(=O)N=C(N)N)cc23)c(F)c1. The summed E-state index contributed by atoms with van der Waals surface area (Å²) in [7, 11) is 1.32. The Bertz CT molecular complexity index is 1070. The van der Waals surface area contributed by atoms with Crippen molar-refractivity contribution in [2.45, 2.75) is 6.92 Å². The van der Waals surface area contributed by atoms with Gasteiger partial charge in [0.2, 0.25) is 0 Å². The van der Waals surface area contributed by atoms with Gasteiger partial charge in [-0.3, -0.25) is 9.78 Å².